The summed E-state index contributed by atoms with van der Waals surface area (Å²) in [6, 6.07) is 7.15. The van der Waals surface area contributed by atoms with Crippen molar-refractivity contribution in [3.63, 3.8) is 0 Å². The summed E-state index contributed by atoms with van der Waals surface area (Å²) in [5, 5.41) is 2.62. The van der Waals surface area contributed by atoms with Crippen LogP contribution >= 0.6 is 23.2 Å². The molecule has 1 N–H and O–H groups in total. The molecule has 2 aromatic rings. The van der Waals surface area contributed by atoms with Gasteiger partial charge in [0.2, 0.25) is 0 Å². The third-order valence-corrected chi connectivity index (χ3v) is 4.10. The lowest BCUT2D eigenvalue weighted by atomic mass is 10.0. The van der Waals surface area contributed by atoms with Crippen molar-refractivity contribution in [2.45, 2.75) is 12.5 Å². The predicted molar refractivity (Wildman–Crippen MR) is 89.7 cm³/mol. The van der Waals surface area contributed by atoms with E-state index in [0.29, 0.717) is 22.7 Å². The van der Waals surface area contributed by atoms with Crippen LogP contribution in [0.25, 0.3) is 0 Å². The lowest BCUT2D eigenvalue weighted by Gasteiger charge is -2.20. The fourth-order valence-corrected chi connectivity index (χ4v) is 2.68. The molecule has 8 heteroatoms. The maximum atomic E-state index is 13.4. The highest BCUT2D eigenvalue weighted by molar-refractivity contribution is 6.34. The van der Waals surface area contributed by atoms with Gasteiger partial charge in [-0.1, -0.05) is 41.4 Å². The summed E-state index contributed by atoms with van der Waals surface area (Å²) in [6.45, 7) is 0. The van der Waals surface area contributed by atoms with Crippen molar-refractivity contribution in [2.24, 2.45) is 0 Å². The normalized spacial score (nSPS) is 11.7. The smallest absolute Gasteiger partial charge is 0.307 e. The Balaban J connectivity index is 2.33. The highest BCUT2D eigenvalue weighted by Gasteiger charge is 2.23. The van der Waals surface area contributed by atoms with Gasteiger partial charge in [0.25, 0.3) is 5.91 Å². The molecule has 2 aromatic carbocycles. The first kappa shape index (κ1) is 19.1. The largest absolute Gasteiger partial charge is 0.469 e. The fraction of sp³-hybridized carbons (Fsp3) is 0.176. The summed E-state index contributed by atoms with van der Waals surface area (Å²) in [4.78, 5) is 24.1. The monoisotopic (exact) mass is 387 g/mol. The fourth-order valence-electron chi connectivity index (χ4n) is 2.18. The number of esters is 1. The van der Waals surface area contributed by atoms with Crippen molar-refractivity contribution in [1.82, 2.24) is 5.32 Å². The van der Waals surface area contributed by atoms with Crippen molar-refractivity contribution in [1.29, 1.82) is 0 Å². The molecule has 132 valence electrons. The number of nitrogens with one attached hydrogen (secondary N) is 1. The molecule has 0 spiro atoms. The van der Waals surface area contributed by atoms with Gasteiger partial charge in [-0.15, -0.1) is 0 Å². The second-order valence-corrected chi connectivity index (χ2v) is 5.89. The van der Waals surface area contributed by atoms with Crippen LogP contribution in [-0.2, 0) is 9.53 Å². The average Bonchev–Trinajstić information content (AvgIpc) is 2.57. The van der Waals surface area contributed by atoms with Crippen molar-refractivity contribution in [3.05, 3.63) is 69.2 Å². The van der Waals surface area contributed by atoms with Gasteiger partial charge >= 0.3 is 5.97 Å². The molecule has 1 unspecified atom stereocenters. The highest BCUT2D eigenvalue weighted by Crippen LogP contribution is 2.27. The Labute approximate surface area is 152 Å². The molecule has 1 atom stereocenters. The van der Waals surface area contributed by atoms with Gasteiger partial charge in [-0.25, -0.2) is 8.78 Å². The van der Waals surface area contributed by atoms with E-state index in [4.69, 9.17) is 23.2 Å². The van der Waals surface area contributed by atoms with Crippen LogP contribution in [0.15, 0.2) is 36.4 Å². The van der Waals surface area contributed by atoms with Crippen molar-refractivity contribution in [3.8, 4) is 0 Å². The van der Waals surface area contributed by atoms with Gasteiger partial charge in [-0.05, 0) is 23.8 Å². The maximum absolute atomic E-state index is 13.4. The van der Waals surface area contributed by atoms with Gasteiger partial charge in [0.1, 0.15) is 0 Å². The first-order valence-electron chi connectivity index (χ1n) is 7.10. The second-order valence-electron chi connectivity index (χ2n) is 5.07. The third kappa shape index (κ3) is 4.67. The number of benzene rings is 2. The molecule has 0 aliphatic heterocycles. The molecule has 25 heavy (non-hydrogen) atoms. The molecule has 0 radical (unpaired) electrons. The molecule has 1 amide bonds. The van der Waals surface area contributed by atoms with E-state index in [2.05, 4.69) is 10.1 Å². The lowest BCUT2D eigenvalue weighted by molar-refractivity contribution is -0.141. The molecule has 0 bridgehead atoms. The number of ether oxygens (including phenoxy) is 1. The minimum atomic E-state index is -1.21. The van der Waals surface area contributed by atoms with Crippen molar-refractivity contribution >= 4 is 35.1 Å². The van der Waals surface area contributed by atoms with E-state index < -0.39 is 29.6 Å². The van der Waals surface area contributed by atoms with Gasteiger partial charge in [-0.2, -0.15) is 0 Å². The van der Waals surface area contributed by atoms with Crippen LogP contribution in [0.1, 0.15) is 28.4 Å². The summed E-state index contributed by atoms with van der Waals surface area (Å²) >= 11 is 11.9. The quantitative estimate of drug-likeness (QED) is 0.614. The standard InChI is InChI=1S/C17H13Cl2F2NO3/c1-25-16(23)8-15(9-4-2-3-5-11(9)18)22-17(24)10-6-13(20)14(21)7-12(10)19/h2-7,15H,8H2,1H3,(H,22,24). The number of halogens is 4. The summed E-state index contributed by atoms with van der Waals surface area (Å²) in [5.41, 5.74) is 0.212. The Morgan fingerprint density at radius 1 is 1.12 bits per heavy atom. The minimum Gasteiger partial charge on any atom is -0.469 e. The zero-order valence-corrected chi connectivity index (χ0v) is 14.5. The topological polar surface area (TPSA) is 55.4 Å². The Morgan fingerprint density at radius 2 is 1.76 bits per heavy atom. The minimum absolute atomic E-state index is 0.201. The predicted octanol–water partition coefficient (Wildman–Crippen LogP) is 4.31. The molecule has 0 saturated carbocycles. The van der Waals surface area contributed by atoms with Crippen LogP contribution in [0.2, 0.25) is 10.0 Å². The van der Waals surface area contributed by atoms with Crippen molar-refractivity contribution < 1.29 is 23.1 Å². The lowest BCUT2D eigenvalue weighted by Crippen LogP contribution is -2.31. The van der Waals surface area contributed by atoms with E-state index in [-0.39, 0.29) is 17.0 Å². The number of methoxy groups -OCH3 is 1. The Morgan fingerprint density at radius 3 is 2.40 bits per heavy atom. The zero-order chi connectivity index (χ0) is 18.6. The maximum Gasteiger partial charge on any atom is 0.307 e. The van der Waals surface area contributed by atoms with Gasteiger partial charge < -0.3 is 10.1 Å². The zero-order valence-electron chi connectivity index (χ0n) is 13.0. The van der Waals surface area contributed by atoms with E-state index in [1.54, 1.807) is 24.3 Å². The van der Waals surface area contributed by atoms with Crippen LogP contribution in [-0.4, -0.2) is 19.0 Å². The van der Waals surface area contributed by atoms with E-state index in [9.17, 15) is 18.4 Å². The van der Waals surface area contributed by atoms with Crippen LogP contribution in [0.3, 0.4) is 0 Å². The molecule has 0 aliphatic carbocycles. The number of rotatable bonds is 5. The van der Waals surface area contributed by atoms with Gasteiger partial charge in [0.05, 0.1) is 30.2 Å². The molecule has 4 nitrogen and oxygen atoms in total. The Kier molecular flexibility index (Phi) is 6.33. The number of carbonyl (C=O) groups is 2. The summed E-state index contributed by atoms with van der Waals surface area (Å²) in [7, 11) is 1.21. The van der Waals surface area contributed by atoms with Gasteiger partial charge in [0.15, 0.2) is 11.6 Å². The summed E-state index contributed by atoms with van der Waals surface area (Å²) < 4.78 is 31.2. The molecular weight excluding hydrogens is 375 g/mol. The number of carbonyl (C=O) groups excluding carboxylic acids is 2. The van der Waals surface area contributed by atoms with Crippen LogP contribution in [0.5, 0.6) is 0 Å². The molecule has 2 rings (SSSR count). The van der Waals surface area contributed by atoms with E-state index in [1.807, 2.05) is 0 Å². The average molecular weight is 388 g/mol. The van der Waals surface area contributed by atoms with E-state index >= 15 is 0 Å². The number of amides is 1. The van der Waals surface area contributed by atoms with Gasteiger partial charge in [0, 0.05) is 5.02 Å². The molecule has 0 saturated heterocycles. The Hall–Kier alpha value is -2.18. The first-order chi connectivity index (χ1) is 11.8. The second kappa shape index (κ2) is 8.27. The third-order valence-electron chi connectivity index (χ3n) is 3.44. The number of hydrogen-bond donors (Lipinski definition) is 1. The van der Waals surface area contributed by atoms with Crippen LogP contribution in [0, 0.1) is 11.6 Å². The summed E-state index contributed by atoms with van der Waals surface area (Å²) in [5.74, 6) is -3.74. The van der Waals surface area contributed by atoms with E-state index in [1.165, 1.54) is 7.11 Å². The van der Waals surface area contributed by atoms with Gasteiger partial charge in [-0.3, -0.25) is 9.59 Å². The van der Waals surface area contributed by atoms with Crippen LogP contribution < -0.4 is 5.32 Å². The molecule has 0 heterocycles. The van der Waals surface area contributed by atoms with Crippen LogP contribution in [0.4, 0.5) is 8.78 Å². The highest BCUT2D eigenvalue weighted by atomic mass is 35.5. The summed E-state index contributed by atoms with van der Waals surface area (Å²) in [6.07, 6.45) is -0.201. The molecule has 0 aliphatic rings. The molecule has 0 aromatic heterocycles. The first-order valence-corrected chi connectivity index (χ1v) is 7.85. The molecule has 0 fully saturated rings. The number of hydrogen-bond acceptors (Lipinski definition) is 3. The SMILES string of the molecule is COC(=O)CC(NC(=O)c1cc(F)c(F)cc1Cl)c1ccccc1Cl. The van der Waals surface area contributed by atoms with Crippen molar-refractivity contribution in [2.75, 3.05) is 7.11 Å². The van der Waals surface area contributed by atoms with E-state index in [0.717, 1.165) is 0 Å². The Bertz CT molecular complexity index is 814. The molecular formula is C17H13Cl2F2NO3.